The molecule has 0 bridgehead atoms. The molecule has 0 fully saturated rings. The van der Waals surface area contributed by atoms with Crippen LogP contribution in [0.3, 0.4) is 0 Å². The Bertz CT molecular complexity index is 861. The normalized spacial score (nSPS) is 15.7. The summed E-state index contributed by atoms with van der Waals surface area (Å²) in [7, 11) is 2.10. The molecule has 4 rings (SSSR count). The van der Waals surface area contributed by atoms with E-state index in [9.17, 15) is 0 Å². The maximum absolute atomic E-state index is 6.07. The van der Waals surface area contributed by atoms with Gasteiger partial charge in [0.15, 0.2) is 0 Å². The van der Waals surface area contributed by atoms with Crippen LogP contribution in [0, 0.1) is 0 Å². The summed E-state index contributed by atoms with van der Waals surface area (Å²) in [4.78, 5) is 2.22. The molecule has 1 aliphatic rings. The molecule has 0 N–H and O–H groups in total. The largest absolute Gasteiger partial charge is 0.458 e. The van der Waals surface area contributed by atoms with Crippen molar-refractivity contribution < 1.29 is 4.74 Å². The minimum Gasteiger partial charge on any atom is -0.458 e. The van der Waals surface area contributed by atoms with E-state index in [4.69, 9.17) is 4.74 Å². The lowest BCUT2D eigenvalue weighted by Gasteiger charge is -2.29. The average Bonchev–Trinajstić information content (AvgIpc) is 2.55. The standard InChI is InChI=1S/C20H17NO/c1-21-14-17(22-20-12-5-4-11-19(20)21)13-16-9-6-8-15-7-2-3-10-18(15)16/h2-13H,14H2,1H3/b17-13+. The fourth-order valence-electron chi connectivity index (χ4n) is 2.98. The van der Waals surface area contributed by atoms with E-state index >= 15 is 0 Å². The van der Waals surface area contributed by atoms with Crippen LogP contribution in [0.4, 0.5) is 5.69 Å². The van der Waals surface area contributed by atoms with Crippen molar-refractivity contribution in [3.05, 3.63) is 78.1 Å². The van der Waals surface area contributed by atoms with E-state index in [1.54, 1.807) is 0 Å². The monoisotopic (exact) mass is 287 g/mol. The van der Waals surface area contributed by atoms with Crippen molar-refractivity contribution in [3.8, 4) is 5.75 Å². The summed E-state index contributed by atoms with van der Waals surface area (Å²) in [6, 6.07) is 23.0. The van der Waals surface area contributed by atoms with Crippen molar-refractivity contribution in [1.82, 2.24) is 0 Å². The van der Waals surface area contributed by atoms with Gasteiger partial charge in [0.25, 0.3) is 0 Å². The van der Waals surface area contributed by atoms with Crippen LogP contribution in [0.5, 0.6) is 5.75 Å². The zero-order valence-corrected chi connectivity index (χ0v) is 12.5. The summed E-state index contributed by atoms with van der Waals surface area (Å²) >= 11 is 0. The van der Waals surface area contributed by atoms with Gasteiger partial charge in [0.2, 0.25) is 0 Å². The summed E-state index contributed by atoms with van der Waals surface area (Å²) in [6.45, 7) is 0.778. The Hall–Kier alpha value is -2.74. The number of fused-ring (bicyclic) bond motifs is 2. The second kappa shape index (κ2) is 5.23. The van der Waals surface area contributed by atoms with Gasteiger partial charge in [-0.2, -0.15) is 0 Å². The molecule has 0 spiro atoms. The second-order valence-corrected chi connectivity index (χ2v) is 5.60. The number of nitrogens with zero attached hydrogens (tertiary/aromatic N) is 1. The highest BCUT2D eigenvalue weighted by Gasteiger charge is 2.18. The van der Waals surface area contributed by atoms with E-state index < -0.39 is 0 Å². The zero-order chi connectivity index (χ0) is 14.9. The molecular weight excluding hydrogens is 270 g/mol. The van der Waals surface area contributed by atoms with Gasteiger partial charge >= 0.3 is 0 Å². The van der Waals surface area contributed by atoms with Crippen molar-refractivity contribution in [2.24, 2.45) is 0 Å². The molecule has 2 nitrogen and oxygen atoms in total. The molecule has 3 aromatic carbocycles. The van der Waals surface area contributed by atoms with Gasteiger partial charge in [-0.1, -0.05) is 54.6 Å². The van der Waals surface area contributed by atoms with E-state index in [1.165, 1.54) is 16.3 Å². The van der Waals surface area contributed by atoms with Gasteiger partial charge in [0, 0.05) is 7.05 Å². The lowest BCUT2D eigenvalue weighted by molar-refractivity contribution is 0.405. The Kier molecular flexibility index (Phi) is 3.08. The number of hydrogen-bond donors (Lipinski definition) is 0. The van der Waals surface area contributed by atoms with Gasteiger partial charge in [-0.3, -0.25) is 0 Å². The van der Waals surface area contributed by atoms with Crippen LogP contribution < -0.4 is 9.64 Å². The van der Waals surface area contributed by atoms with Crippen LogP contribution in [0.25, 0.3) is 16.8 Å². The van der Waals surface area contributed by atoms with Crippen molar-refractivity contribution in [2.45, 2.75) is 0 Å². The van der Waals surface area contributed by atoms with Crippen LogP contribution in [0.2, 0.25) is 0 Å². The van der Waals surface area contributed by atoms with E-state index in [-0.39, 0.29) is 0 Å². The first kappa shape index (κ1) is 13.0. The predicted molar refractivity (Wildman–Crippen MR) is 92.3 cm³/mol. The topological polar surface area (TPSA) is 12.5 Å². The number of benzene rings is 3. The van der Waals surface area contributed by atoms with Gasteiger partial charge in [-0.25, -0.2) is 0 Å². The number of hydrogen-bond acceptors (Lipinski definition) is 2. The fraction of sp³-hybridized carbons (Fsp3) is 0.100. The van der Waals surface area contributed by atoms with Crippen LogP contribution in [-0.2, 0) is 0 Å². The molecule has 108 valence electrons. The number of likely N-dealkylation sites (N-methyl/N-ethyl adjacent to an activating group) is 1. The van der Waals surface area contributed by atoms with Gasteiger partial charge in [-0.15, -0.1) is 0 Å². The third kappa shape index (κ3) is 2.23. The highest BCUT2D eigenvalue weighted by Crippen LogP contribution is 2.34. The summed E-state index contributed by atoms with van der Waals surface area (Å²) < 4.78 is 6.07. The first-order chi connectivity index (χ1) is 10.8. The minimum atomic E-state index is 0.778. The van der Waals surface area contributed by atoms with E-state index in [0.717, 1.165) is 23.7 Å². The van der Waals surface area contributed by atoms with Crippen molar-refractivity contribution in [1.29, 1.82) is 0 Å². The van der Waals surface area contributed by atoms with E-state index in [1.807, 2.05) is 18.2 Å². The van der Waals surface area contributed by atoms with Crippen molar-refractivity contribution >= 4 is 22.5 Å². The molecule has 0 aliphatic carbocycles. The molecule has 22 heavy (non-hydrogen) atoms. The maximum Gasteiger partial charge on any atom is 0.150 e. The second-order valence-electron chi connectivity index (χ2n) is 5.60. The van der Waals surface area contributed by atoms with Gasteiger partial charge in [-0.05, 0) is 34.5 Å². The highest BCUT2D eigenvalue weighted by molar-refractivity contribution is 5.90. The fourth-order valence-corrected chi connectivity index (χ4v) is 2.98. The van der Waals surface area contributed by atoms with Gasteiger partial charge < -0.3 is 9.64 Å². The van der Waals surface area contributed by atoms with Crippen molar-refractivity contribution in [3.63, 3.8) is 0 Å². The summed E-state index contributed by atoms with van der Waals surface area (Å²) in [5.74, 6) is 1.89. The molecule has 0 atom stereocenters. The summed E-state index contributed by atoms with van der Waals surface area (Å²) in [5, 5.41) is 2.50. The minimum absolute atomic E-state index is 0.778. The zero-order valence-electron chi connectivity index (χ0n) is 12.5. The first-order valence-corrected chi connectivity index (χ1v) is 7.47. The summed E-state index contributed by atoms with van der Waals surface area (Å²) in [5.41, 5.74) is 2.33. The average molecular weight is 287 g/mol. The molecule has 0 unspecified atom stereocenters. The van der Waals surface area contributed by atoms with Gasteiger partial charge in [0.1, 0.15) is 11.5 Å². The van der Waals surface area contributed by atoms with Crippen molar-refractivity contribution in [2.75, 3.05) is 18.5 Å². The molecule has 0 amide bonds. The molecule has 0 saturated carbocycles. The maximum atomic E-state index is 6.07. The Morgan fingerprint density at radius 2 is 1.68 bits per heavy atom. The Labute approximate surface area is 130 Å². The molecule has 0 radical (unpaired) electrons. The first-order valence-electron chi connectivity index (χ1n) is 7.47. The smallest absolute Gasteiger partial charge is 0.150 e. The molecule has 2 heteroatoms. The molecule has 0 saturated heterocycles. The SMILES string of the molecule is CN1C/C(=C\c2cccc3ccccc23)Oc2ccccc21. The van der Waals surface area contributed by atoms with Crippen LogP contribution in [0.1, 0.15) is 5.56 Å². The molecule has 1 aliphatic heterocycles. The Morgan fingerprint density at radius 3 is 2.64 bits per heavy atom. The van der Waals surface area contributed by atoms with E-state index in [0.29, 0.717) is 0 Å². The number of anilines is 1. The Morgan fingerprint density at radius 1 is 0.909 bits per heavy atom. The Balaban J connectivity index is 1.77. The highest BCUT2D eigenvalue weighted by atomic mass is 16.5. The molecule has 1 heterocycles. The number of rotatable bonds is 1. The number of para-hydroxylation sites is 2. The van der Waals surface area contributed by atoms with E-state index in [2.05, 4.69) is 66.6 Å². The molecular formula is C20H17NO. The lowest BCUT2D eigenvalue weighted by atomic mass is 10.0. The van der Waals surface area contributed by atoms with Crippen LogP contribution in [-0.4, -0.2) is 13.6 Å². The molecule has 0 aromatic heterocycles. The third-order valence-corrected chi connectivity index (χ3v) is 4.05. The predicted octanol–water partition coefficient (Wildman–Crippen LogP) is 4.71. The lowest BCUT2D eigenvalue weighted by Crippen LogP contribution is -2.27. The molecule has 3 aromatic rings. The number of ether oxygens (including phenoxy) is 1. The van der Waals surface area contributed by atoms with Crippen LogP contribution >= 0.6 is 0 Å². The third-order valence-electron chi connectivity index (χ3n) is 4.05. The summed E-state index contributed by atoms with van der Waals surface area (Å²) in [6.07, 6.45) is 2.15. The van der Waals surface area contributed by atoms with Crippen LogP contribution in [0.15, 0.2) is 72.5 Å². The van der Waals surface area contributed by atoms with Gasteiger partial charge in [0.05, 0.1) is 12.2 Å². The quantitative estimate of drug-likeness (QED) is 0.642.